The molecule has 0 N–H and O–H groups in total. The Morgan fingerprint density at radius 3 is 2.62 bits per heavy atom. The van der Waals surface area contributed by atoms with Gasteiger partial charge in [-0.15, -0.1) is 11.3 Å². The Kier molecular flexibility index (Phi) is 3.35. The zero-order chi connectivity index (χ0) is 11.4. The molecule has 0 radical (unpaired) electrons. The molecule has 2 aromatic heterocycles. The Balaban J connectivity index is 2.52. The number of hydrogen-bond acceptors (Lipinski definition) is 3. The molecule has 2 nitrogen and oxygen atoms in total. The quantitative estimate of drug-likeness (QED) is 0.757. The van der Waals surface area contributed by atoms with Crippen LogP contribution in [0.25, 0.3) is 10.6 Å². The lowest BCUT2D eigenvalue weighted by Gasteiger charge is -2.01. The SMILES string of the molecule is N#CC(=C(Cl)c1ccncc1)c1cccs1. The zero-order valence-electron chi connectivity index (χ0n) is 8.22. The summed E-state index contributed by atoms with van der Waals surface area (Å²) in [6.45, 7) is 0. The number of hydrogen-bond donors (Lipinski definition) is 0. The second-order valence-electron chi connectivity index (χ2n) is 3.01. The van der Waals surface area contributed by atoms with Crippen molar-refractivity contribution in [2.75, 3.05) is 0 Å². The summed E-state index contributed by atoms with van der Waals surface area (Å²) in [5.41, 5.74) is 1.31. The monoisotopic (exact) mass is 246 g/mol. The van der Waals surface area contributed by atoms with Gasteiger partial charge in [0.2, 0.25) is 0 Å². The van der Waals surface area contributed by atoms with Gasteiger partial charge in [-0.3, -0.25) is 4.98 Å². The fraction of sp³-hybridized carbons (Fsp3) is 0. The normalized spacial score (nSPS) is 11.8. The van der Waals surface area contributed by atoms with Crippen molar-refractivity contribution >= 4 is 33.5 Å². The number of pyridine rings is 1. The summed E-state index contributed by atoms with van der Waals surface area (Å²) in [6.07, 6.45) is 3.31. The Morgan fingerprint density at radius 1 is 1.31 bits per heavy atom. The van der Waals surface area contributed by atoms with Crippen LogP contribution in [0.15, 0.2) is 42.0 Å². The van der Waals surface area contributed by atoms with E-state index in [-0.39, 0.29) is 0 Å². The lowest BCUT2D eigenvalue weighted by Crippen LogP contribution is -1.83. The molecule has 0 amide bonds. The Hall–Kier alpha value is -1.63. The van der Waals surface area contributed by atoms with E-state index in [1.165, 1.54) is 11.3 Å². The number of thiophene rings is 1. The predicted octanol–water partition coefficient (Wildman–Crippen LogP) is 3.77. The van der Waals surface area contributed by atoms with Gasteiger partial charge < -0.3 is 0 Å². The molecule has 0 saturated carbocycles. The van der Waals surface area contributed by atoms with Crippen LogP contribution in [0.3, 0.4) is 0 Å². The van der Waals surface area contributed by atoms with Gasteiger partial charge in [0, 0.05) is 17.3 Å². The minimum atomic E-state index is 0.465. The first-order valence-electron chi connectivity index (χ1n) is 4.57. The van der Waals surface area contributed by atoms with E-state index in [1.807, 2.05) is 17.5 Å². The second kappa shape index (κ2) is 4.93. The van der Waals surface area contributed by atoms with Crippen molar-refractivity contribution in [3.05, 3.63) is 52.5 Å². The van der Waals surface area contributed by atoms with Gasteiger partial charge in [-0.2, -0.15) is 5.26 Å². The molecule has 0 saturated heterocycles. The van der Waals surface area contributed by atoms with Gasteiger partial charge in [0.05, 0.1) is 10.6 Å². The van der Waals surface area contributed by atoms with Crippen molar-refractivity contribution < 1.29 is 0 Å². The van der Waals surface area contributed by atoms with Crippen molar-refractivity contribution in [1.82, 2.24) is 4.98 Å². The van der Waals surface area contributed by atoms with E-state index in [0.717, 1.165) is 10.4 Å². The predicted molar refractivity (Wildman–Crippen MR) is 66.8 cm³/mol. The number of aromatic nitrogens is 1. The van der Waals surface area contributed by atoms with Crippen LogP contribution in [0.2, 0.25) is 0 Å². The van der Waals surface area contributed by atoms with Gasteiger partial charge in [0.1, 0.15) is 6.07 Å². The van der Waals surface area contributed by atoms with E-state index >= 15 is 0 Å². The summed E-state index contributed by atoms with van der Waals surface area (Å²) >= 11 is 7.70. The molecule has 0 atom stereocenters. The second-order valence-corrected chi connectivity index (χ2v) is 4.34. The van der Waals surface area contributed by atoms with E-state index in [9.17, 15) is 0 Å². The number of halogens is 1. The molecule has 0 bridgehead atoms. The summed E-state index contributed by atoms with van der Waals surface area (Å²) in [6, 6.07) is 9.49. The highest BCUT2D eigenvalue weighted by Crippen LogP contribution is 2.30. The van der Waals surface area contributed by atoms with Crippen molar-refractivity contribution in [2.45, 2.75) is 0 Å². The lowest BCUT2D eigenvalue weighted by molar-refractivity contribution is 1.32. The molecule has 2 rings (SSSR count). The minimum Gasteiger partial charge on any atom is -0.265 e. The minimum absolute atomic E-state index is 0.465. The van der Waals surface area contributed by atoms with E-state index in [2.05, 4.69) is 11.1 Å². The van der Waals surface area contributed by atoms with Crippen LogP contribution in [0.1, 0.15) is 10.4 Å². The molecule has 16 heavy (non-hydrogen) atoms. The third-order valence-corrected chi connectivity index (χ3v) is 3.33. The van der Waals surface area contributed by atoms with Crippen molar-refractivity contribution in [2.24, 2.45) is 0 Å². The molecule has 2 aromatic rings. The molecular weight excluding hydrogens is 240 g/mol. The first kappa shape index (κ1) is 10.9. The fourth-order valence-corrected chi connectivity index (χ4v) is 2.33. The molecule has 0 aliphatic carbocycles. The van der Waals surface area contributed by atoms with Crippen LogP contribution in [0, 0.1) is 11.3 Å². The molecule has 78 valence electrons. The summed E-state index contributed by atoms with van der Waals surface area (Å²) in [5, 5.41) is 11.5. The van der Waals surface area contributed by atoms with Crippen molar-refractivity contribution in [3.63, 3.8) is 0 Å². The van der Waals surface area contributed by atoms with Gasteiger partial charge in [-0.25, -0.2) is 0 Å². The molecular formula is C12H7ClN2S. The van der Waals surface area contributed by atoms with Crippen LogP contribution in [-0.2, 0) is 0 Å². The van der Waals surface area contributed by atoms with Crippen molar-refractivity contribution in [3.8, 4) is 6.07 Å². The summed E-state index contributed by atoms with van der Waals surface area (Å²) in [7, 11) is 0. The van der Waals surface area contributed by atoms with Crippen LogP contribution >= 0.6 is 22.9 Å². The van der Waals surface area contributed by atoms with Gasteiger partial charge in [-0.05, 0) is 29.1 Å². The summed E-state index contributed by atoms with van der Waals surface area (Å²) < 4.78 is 0. The summed E-state index contributed by atoms with van der Waals surface area (Å²) in [4.78, 5) is 4.79. The molecule has 0 aliphatic heterocycles. The maximum atomic E-state index is 9.13. The molecule has 0 aromatic carbocycles. The van der Waals surface area contributed by atoms with E-state index in [0.29, 0.717) is 10.6 Å². The van der Waals surface area contributed by atoms with E-state index in [1.54, 1.807) is 24.5 Å². The smallest absolute Gasteiger partial charge is 0.102 e. The maximum Gasteiger partial charge on any atom is 0.102 e. The molecule has 0 aliphatic rings. The van der Waals surface area contributed by atoms with Crippen LogP contribution in [-0.4, -0.2) is 4.98 Å². The third-order valence-electron chi connectivity index (χ3n) is 2.03. The highest BCUT2D eigenvalue weighted by atomic mass is 35.5. The topological polar surface area (TPSA) is 36.7 Å². The molecule has 0 spiro atoms. The summed E-state index contributed by atoms with van der Waals surface area (Å²) in [5.74, 6) is 0. The van der Waals surface area contributed by atoms with E-state index < -0.39 is 0 Å². The maximum absolute atomic E-state index is 9.13. The molecule has 0 unspecified atom stereocenters. The number of rotatable bonds is 2. The molecule has 0 fully saturated rings. The van der Waals surface area contributed by atoms with Crippen molar-refractivity contribution in [1.29, 1.82) is 5.26 Å². The van der Waals surface area contributed by atoms with E-state index in [4.69, 9.17) is 16.9 Å². The average molecular weight is 247 g/mol. The van der Waals surface area contributed by atoms with Crippen LogP contribution < -0.4 is 0 Å². The third kappa shape index (κ3) is 2.13. The van der Waals surface area contributed by atoms with Gasteiger partial charge in [-0.1, -0.05) is 17.7 Å². The Morgan fingerprint density at radius 2 is 2.06 bits per heavy atom. The van der Waals surface area contributed by atoms with Crippen LogP contribution in [0.5, 0.6) is 0 Å². The first-order chi connectivity index (χ1) is 7.83. The number of nitrogens with zero attached hydrogens (tertiary/aromatic N) is 2. The van der Waals surface area contributed by atoms with Crippen LogP contribution in [0.4, 0.5) is 0 Å². The first-order valence-corrected chi connectivity index (χ1v) is 5.83. The number of allylic oxidation sites excluding steroid dienone is 1. The average Bonchev–Trinajstić information content (AvgIpc) is 2.85. The standard InChI is InChI=1S/C12H7ClN2S/c13-12(9-3-5-15-6-4-9)10(8-14)11-2-1-7-16-11/h1-7H. The van der Waals surface area contributed by atoms with Gasteiger partial charge in [0.15, 0.2) is 0 Å². The van der Waals surface area contributed by atoms with Gasteiger partial charge in [0.25, 0.3) is 0 Å². The molecule has 4 heteroatoms. The highest BCUT2D eigenvalue weighted by molar-refractivity contribution is 7.11. The van der Waals surface area contributed by atoms with Gasteiger partial charge >= 0.3 is 0 Å². The number of nitriles is 1. The lowest BCUT2D eigenvalue weighted by atomic mass is 10.1. The largest absolute Gasteiger partial charge is 0.265 e. The molecule has 2 heterocycles. The Bertz CT molecular complexity index is 538. The fourth-order valence-electron chi connectivity index (χ4n) is 1.28. The Labute approximate surface area is 102 Å². The zero-order valence-corrected chi connectivity index (χ0v) is 9.79. The highest BCUT2D eigenvalue weighted by Gasteiger charge is 2.09.